The predicted octanol–water partition coefficient (Wildman–Crippen LogP) is 8.45. The van der Waals surface area contributed by atoms with E-state index in [4.69, 9.17) is 61.6 Å². The molecule has 1 saturated heterocycles. The normalized spacial score (nSPS) is 15.2. The third-order valence-electron chi connectivity index (χ3n) is 15.0. The molecular formula is C71H112N4O18. The van der Waals surface area contributed by atoms with Crippen molar-refractivity contribution in [2.45, 2.75) is 137 Å². The Hall–Kier alpha value is -5.79. The van der Waals surface area contributed by atoms with Gasteiger partial charge in [0.2, 0.25) is 0 Å². The highest BCUT2D eigenvalue weighted by Gasteiger charge is 2.30. The van der Waals surface area contributed by atoms with Crippen molar-refractivity contribution >= 4 is 29.8 Å². The molecule has 1 fully saturated rings. The van der Waals surface area contributed by atoms with E-state index >= 15 is 0 Å². The zero-order valence-corrected chi connectivity index (χ0v) is 57.4. The fraction of sp³-hybridized carbons (Fsp3) is 0.676. The van der Waals surface area contributed by atoms with Crippen LogP contribution in [0.1, 0.15) is 127 Å². The summed E-state index contributed by atoms with van der Waals surface area (Å²) in [5.41, 5.74) is 2.42. The molecule has 93 heavy (non-hydrogen) atoms. The number of carbonyl (C=O) groups excluding carboxylic acids is 5. The third-order valence-corrected chi connectivity index (χ3v) is 15.0. The molecule has 1 aliphatic rings. The first-order chi connectivity index (χ1) is 45.1. The first-order valence-electron chi connectivity index (χ1n) is 33.8. The Balaban J connectivity index is 1.47. The van der Waals surface area contributed by atoms with Gasteiger partial charge in [-0.15, -0.1) is 0 Å². The first-order valence-corrected chi connectivity index (χ1v) is 33.8. The predicted molar refractivity (Wildman–Crippen MR) is 355 cm³/mol. The Morgan fingerprint density at radius 3 is 1.63 bits per heavy atom. The summed E-state index contributed by atoms with van der Waals surface area (Å²) in [6.45, 7) is 22.9. The molecule has 0 bridgehead atoms. The van der Waals surface area contributed by atoms with E-state index in [0.717, 1.165) is 55.2 Å². The molecule has 3 aromatic rings. The van der Waals surface area contributed by atoms with Crippen molar-refractivity contribution in [1.29, 1.82) is 0 Å². The number of nitrogens with zero attached hydrogens (tertiary/aromatic N) is 4. The maximum Gasteiger partial charge on any atom is 0.338 e. The molecule has 2 atom stereocenters. The fourth-order valence-electron chi connectivity index (χ4n) is 9.95. The summed E-state index contributed by atoms with van der Waals surface area (Å²) < 4.78 is 74.4. The van der Waals surface area contributed by atoms with Crippen LogP contribution in [-0.2, 0) is 90.7 Å². The van der Waals surface area contributed by atoms with E-state index in [1.54, 1.807) is 19.2 Å². The topological polar surface area (TPSA) is 218 Å². The smallest absolute Gasteiger partial charge is 0.338 e. The summed E-state index contributed by atoms with van der Waals surface area (Å²) >= 11 is 0. The van der Waals surface area contributed by atoms with Crippen molar-refractivity contribution in [2.75, 3.05) is 178 Å². The summed E-state index contributed by atoms with van der Waals surface area (Å²) in [4.78, 5) is 76.0. The van der Waals surface area contributed by atoms with Crippen LogP contribution in [-0.4, -0.2) is 245 Å². The number of hydrogen-bond acceptors (Lipinski definition) is 22. The number of unbranched alkanes of at least 4 members (excludes halogenated alkanes) is 2. The second kappa shape index (κ2) is 48.8. The zero-order valence-electron chi connectivity index (χ0n) is 57.4. The van der Waals surface area contributed by atoms with Gasteiger partial charge in [0.1, 0.15) is 36.4 Å². The molecule has 4 rings (SSSR count). The number of hydrogen-bond donors (Lipinski definition) is 0. The molecule has 0 spiro atoms. The van der Waals surface area contributed by atoms with Crippen molar-refractivity contribution in [3.05, 3.63) is 95.1 Å². The van der Waals surface area contributed by atoms with E-state index in [1.807, 2.05) is 112 Å². The number of benzene rings is 3. The number of carbonyl (C=O) groups is 5. The molecule has 0 amide bonds. The summed E-state index contributed by atoms with van der Waals surface area (Å²) in [5, 5.41) is 0. The van der Waals surface area contributed by atoms with Gasteiger partial charge < -0.3 is 61.6 Å². The van der Waals surface area contributed by atoms with Crippen molar-refractivity contribution in [3.8, 4) is 11.5 Å². The number of esters is 5. The highest BCUT2D eigenvalue weighted by molar-refractivity contribution is 5.90. The molecule has 1 aliphatic heterocycles. The lowest BCUT2D eigenvalue weighted by Gasteiger charge is -2.38. The average Bonchev–Trinajstić information content (AvgIpc) is 1.10. The molecule has 0 saturated carbocycles. The molecular weight excluding hydrogens is 1200 g/mol. The van der Waals surface area contributed by atoms with E-state index in [0.29, 0.717) is 181 Å². The van der Waals surface area contributed by atoms with E-state index in [1.165, 1.54) is 0 Å². The van der Waals surface area contributed by atoms with Gasteiger partial charge in [0.25, 0.3) is 0 Å². The van der Waals surface area contributed by atoms with Gasteiger partial charge in [-0.2, -0.15) is 0 Å². The maximum atomic E-state index is 13.8. The Bertz CT molecular complexity index is 2490. The van der Waals surface area contributed by atoms with Gasteiger partial charge in [0.15, 0.2) is 0 Å². The van der Waals surface area contributed by atoms with Crippen LogP contribution in [0.15, 0.2) is 72.8 Å². The summed E-state index contributed by atoms with van der Waals surface area (Å²) in [6.07, 6.45) is 7.13. The van der Waals surface area contributed by atoms with Crippen LogP contribution in [0, 0.1) is 0 Å². The van der Waals surface area contributed by atoms with Crippen molar-refractivity contribution < 1.29 is 85.6 Å². The molecule has 524 valence electrons. The van der Waals surface area contributed by atoms with Gasteiger partial charge in [-0.3, -0.25) is 38.8 Å². The van der Waals surface area contributed by atoms with E-state index in [2.05, 4.69) is 16.7 Å². The minimum Gasteiger partial charge on any atom is -0.494 e. The van der Waals surface area contributed by atoms with E-state index < -0.39 is 11.6 Å². The van der Waals surface area contributed by atoms with Crippen LogP contribution < -0.4 is 9.47 Å². The lowest BCUT2D eigenvalue weighted by molar-refractivity contribution is -0.157. The second-order valence-corrected chi connectivity index (χ2v) is 24.0. The van der Waals surface area contributed by atoms with Crippen LogP contribution in [0.25, 0.3) is 0 Å². The van der Waals surface area contributed by atoms with Crippen LogP contribution in [0.5, 0.6) is 11.5 Å². The summed E-state index contributed by atoms with van der Waals surface area (Å²) in [6, 6.07) is 22.5. The molecule has 0 aromatic heterocycles. The molecule has 22 heteroatoms. The minimum absolute atomic E-state index is 0.00495. The minimum atomic E-state index is -0.699. The molecule has 1 unspecified atom stereocenters. The molecule has 0 aliphatic carbocycles. The first kappa shape index (κ1) is 79.6. The molecule has 0 N–H and O–H groups in total. The van der Waals surface area contributed by atoms with E-state index in [-0.39, 0.29) is 75.4 Å². The standard InChI is InChI=1S/C71H112N4O18/c1-9-13-35-89-66(76)53-74-32-31-72(54-68(78)92-63(12-4)19-11-3)29-30-73(55-69(79)93-71(5,6)7)33-34-75(56-67(77)90-36-14-10-2)62(52-74)50-58-23-27-64(28-24-58)87-37-18-22-60-25-26-61(70(80)91-57-59-20-16-15-17-21-59)51-65(60)88-49-48-86-47-46-85-45-44-84-43-42-83-41-40-82-39-38-81-8/h15-17,20-21,23-28,51,62-63H,9-14,18-19,22,29-50,52-57H2,1-8H3/t62-,63?/m0/s1. The Morgan fingerprint density at radius 1 is 0.516 bits per heavy atom. The van der Waals surface area contributed by atoms with Crippen LogP contribution in [0.4, 0.5) is 0 Å². The SMILES string of the molecule is CCCCOC(=O)CN1CCN(CC(=O)OC(CC)CCC)CCN(CC(=O)OC(C)(C)C)CCN(CC(=O)OCCCC)[C@@H](Cc2ccc(OCCCc3ccc(C(=O)OCc4ccccc4)cc3OCCOCCOCCOCCOCCOCCOC)cc2)C1. The largest absolute Gasteiger partial charge is 0.494 e. The van der Waals surface area contributed by atoms with Gasteiger partial charge in [0.05, 0.1) is 124 Å². The quantitative estimate of drug-likeness (QED) is 0.0294. The highest BCUT2D eigenvalue weighted by Crippen LogP contribution is 2.25. The third kappa shape index (κ3) is 37.2. The van der Waals surface area contributed by atoms with Crippen LogP contribution in [0.3, 0.4) is 0 Å². The van der Waals surface area contributed by atoms with Crippen LogP contribution >= 0.6 is 0 Å². The van der Waals surface area contributed by atoms with E-state index in [9.17, 15) is 24.0 Å². The van der Waals surface area contributed by atoms with Gasteiger partial charge in [-0.25, -0.2) is 4.79 Å². The molecule has 22 nitrogen and oxygen atoms in total. The average molecular weight is 1310 g/mol. The molecule has 1 heterocycles. The molecule has 3 aromatic carbocycles. The highest BCUT2D eigenvalue weighted by atomic mass is 16.6. The van der Waals surface area contributed by atoms with Crippen molar-refractivity contribution in [3.63, 3.8) is 0 Å². The molecule has 0 radical (unpaired) electrons. The van der Waals surface area contributed by atoms with Gasteiger partial charge in [-0.05, 0) is 107 Å². The summed E-state index contributed by atoms with van der Waals surface area (Å²) in [7, 11) is 1.63. The Kier molecular flexibility index (Phi) is 41.8. The lowest BCUT2D eigenvalue weighted by Crippen LogP contribution is -2.54. The fourth-order valence-corrected chi connectivity index (χ4v) is 9.95. The van der Waals surface area contributed by atoms with Crippen molar-refractivity contribution in [1.82, 2.24) is 19.6 Å². The second-order valence-electron chi connectivity index (χ2n) is 24.0. The van der Waals surface area contributed by atoms with Gasteiger partial charge in [-0.1, -0.05) is 95.5 Å². The number of aryl methyl sites for hydroxylation is 1. The number of methoxy groups -OCH3 is 1. The van der Waals surface area contributed by atoms with Gasteiger partial charge in [0, 0.05) is 59.0 Å². The van der Waals surface area contributed by atoms with Crippen LogP contribution in [0.2, 0.25) is 0 Å². The zero-order chi connectivity index (χ0) is 67.2. The van der Waals surface area contributed by atoms with Crippen molar-refractivity contribution in [2.24, 2.45) is 0 Å². The Morgan fingerprint density at radius 2 is 1.06 bits per heavy atom. The maximum absolute atomic E-state index is 13.8. The monoisotopic (exact) mass is 1310 g/mol. The Labute approximate surface area is 554 Å². The lowest BCUT2D eigenvalue weighted by atomic mass is 10.0. The number of ether oxygens (including phenoxy) is 13. The van der Waals surface area contributed by atoms with Gasteiger partial charge >= 0.3 is 29.8 Å². The number of rotatable bonds is 47. The summed E-state index contributed by atoms with van der Waals surface area (Å²) in [5.74, 6) is -0.644.